The van der Waals surface area contributed by atoms with Crippen LogP contribution in [-0.4, -0.2) is 63.8 Å². The van der Waals surface area contributed by atoms with Crippen molar-refractivity contribution in [2.24, 2.45) is 0 Å². The quantitative estimate of drug-likeness (QED) is 0.668. The molecule has 0 aromatic carbocycles. The van der Waals surface area contributed by atoms with Crippen molar-refractivity contribution >= 4 is 17.8 Å². The van der Waals surface area contributed by atoms with E-state index in [-0.39, 0.29) is 29.9 Å². The Kier molecular flexibility index (Phi) is 2.20. The van der Waals surface area contributed by atoms with E-state index in [1.165, 1.54) is 4.90 Å². The van der Waals surface area contributed by atoms with Crippen molar-refractivity contribution in [3.63, 3.8) is 0 Å². The first-order valence-electron chi connectivity index (χ1n) is 7.10. The summed E-state index contributed by atoms with van der Waals surface area (Å²) < 4.78 is 0. The predicted octanol–water partition coefficient (Wildman–Crippen LogP) is 0.176. The average Bonchev–Trinajstić information content (AvgIpc) is 2.89. The molecule has 1 aliphatic carbocycles. The van der Waals surface area contributed by atoms with Gasteiger partial charge in [-0.2, -0.15) is 0 Å². The number of rotatable bonds is 2. The number of likely N-dealkylation sites (tertiary alicyclic amines) is 1. The molecular formula is C13H17N3O3. The number of hydrogen-bond acceptors (Lipinski definition) is 3. The minimum Gasteiger partial charge on any atom is -0.338 e. The van der Waals surface area contributed by atoms with E-state index < -0.39 is 0 Å². The summed E-state index contributed by atoms with van der Waals surface area (Å²) in [4.78, 5) is 41.4. The summed E-state index contributed by atoms with van der Waals surface area (Å²) in [5, 5.41) is 0. The maximum Gasteiger partial charge on any atom is 0.327 e. The Morgan fingerprint density at radius 2 is 1.74 bits per heavy atom. The van der Waals surface area contributed by atoms with Gasteiger partial charge in [-0.1, -0.05) is 0 Å². The SMILES string of the molecule is O=C1CC(N2C(=O)[C@H]3CCCN3C2=O)CN1C1CC1. The van der Waals surface area contributed by atoms with Crippen LogP contribution < -0.4 is 0 Å². The zero-order chi connectivity index (χ0) is 13.1. The number of amides is 4. The number of carbonyl (C=O) groups excluding carboxylic acids is 3. The van der Waals surface area contributed by atoms with Crippen molar-refractivity contribution in [1.82, 2.24) is 14.7 Å². The molecule has 102 valence electrons. The van der Waals surface area contributed by atoms with Crippen LogP contribution in [0.1, 0.15) is 32.1 Å². The summed E-state index contributed by atoms with van der Waals surface area (Å²) in [6.45, 7) is 1.22. The van der Waals surface area contributed by atoms with E-state index in [9.17, 15) is 14.4 Å². The number of fused-ring (bicyclic) bond motifs is 1. The van der Waals surface area contributed by atoms with Crippen LogP contribution in [0.3, 0.4) is 0 Å². The van der Waals surface area contributed by atoms with Crippen molar-refractivity contribution in [2.75, 3.05) is 13.1 Å². The largest absolute Gasteiger partial charge is 0.338 e. The molecule has 3 heterocycles. The molecule has 0 radical (unpaired) electrons. The molecule has 0 aromatic rings. The molecule has 4 rings (SSSR count). The summed E-state index contributed by atoms with van der Waals surface area (Å²) >= 11 is 0. The molecule has 0 N–H and O–H groups in total. The van der Waals surface area contributed by atoms with Gasteiger partial charge >= 0.3 is 6.03 Å². The van der Waals surface area contributed by atoms with Gasteiger partial charge in [-0.05, 0) is 25.7 Å². The molecule has 4 amide bonds. The lowest BCUT2D eigenvalue weighted by molar-refractivity contribution is -0.129. The van der Waals surface area contributed by atoms with Gasteiger partial charge in [0.1, 0.15) is 6.04 Å². The third-order valence-electron chi connectivity index (χ3n) is 4.72. The molecule has 1 saturated carbocycles. The lowest BCUT2D eigenvalue weighted by atomic mass is 10.2. The average molecular weight is 263 g/mol. The monoisotopic (exact) mass is 263 g/mol. The van der Waals surface area contributed by atoms with Crippen LogP contribution in [0.15, 0.2) is 0 Å². The lowest BCUT2D eigenvalue weighted by Crippen LogP contribution is -2.43. The van der Waals surface area contributed by atoms with E-state index >= 15 is 0 Å². The smallest absolute Gasteiger partial charge is 0.327 e. The highest BCUT2D eigenvalue weighted by Crippen LogP contribution is 2.35. The number of urea groups is 1. The summed E-state index contributed by atoms with van der Waals surface area (Å²) in [6.07, 6.45) is 4.13. The number of carbonyl (C=O) groups is 3. The predicted molar refractivity (Wildman–Crippen MR) is 65.1 cm³/mol. The minimum atomic E-state index is -0.252. The van der Waals surface area contributed by atoms with Crippen LogP contribution in [0.2, 0.25) is 0 Å². The van der Waals surface area contributed by atoms with Crippen molar-refractivity contribution < 1.29 is 14.4 Å². The fourth-order valence-electron chi connectivity index (χ4n) is 3.61. The molecule has 0 spiro atoms. The van der Waals surface area contributed by atoms with Gasteiger partial charge in [0.25, 0.3) is 5.91 Å². The van der Waals surface area contributed by atoms with Crippen LogP contribution in [0.25, 0.3) is 0 Å². The fraction of sp³-hybridized carbons (Fsp3) is 0.769. The van der Waals surface area contributed by atoms with Crippen molar-refractivity contribution in [2.45, 2.75) is 50.2 Å². The van der Waals surface area contributed by atoms with Crippen LogP contribution >= 0.6 is 0 Å². The van der Waals surface area contributed by atoms with E-state index in [1.807, 2.05) is 4.90 Å². The Hall–Kier alpha value is -1.59. The van der Waals surface area contributed by atoms with E-state index in [1.54, 1.807) is 4.90 Å². The fourth-order valence-corrected chi connectivity index (χ4v) is 3.61. The third kappa shape index (κ3) is 1.52. The summed E-state index contributed by atoms with van der Waals surface area (Å²) in [6, 6.07) is -0.302. The number of nitrogens with zero attached hydrogens (tertiary/aromatic N) is 3. The molecule has 3 aliphatic heterocycles. The summed E-state index contributed by atoms with van der Waals surface area (Å²) in [7, 11) is 0. The van der Waals surface area contributed by atoms with Gasteiger partial charge in [-0.3, -0.25) is 14.5 Å². The molecular weight excluding hydrogens is 246 g/mol. The standard InChI is InChI=1S/C13H17N3O3/c17-11-6-9(7-15(11)8-3-4-8)16-12(18)10-2-1-5-14(10)13(16)19/h8-10H,1-7H2/t9?,10-/m1/s1. The van der Waals surface area contributed by atoms with Crippen molar-refractivity contribution in [3.8, 4) is 0 Å². The molecule has 0 aromatic heterocycles. The first-order chi connectivity index (χ1) is 9.16. The van der Waals surface area contributed by atoms with E-state index in [0.717, 1.165) is 25.7 Å². The topological polar surface area (TPSA) is 60.9 Å². The van der Waals surface area contributed by atoms with Gasteiger partial charge in [-0.15, -0.1) is 0 Å². The second-order valence-corrected chi connectivity index (χ2v) is 5.98. The first kappa shape index (κ1) is 11.3. The maximum absolute atomic E-state index is 12.3. The first-order valence-corrected chi connectivity index (χ1v) is 7.10. The number of hydrogen-bond donors (Lipinski definition) is 0. The summed E-state index contributed by atoms with van der Waals surface area (Å²) in [5.74, 6) is 0.0121. The van der Waals surface area contributed by atoms with Crippen molar-refractivity contribution in [3.05, 3.63) is 0 Å². The maximum atomic E-state index is 12.3. The Morgan fingerprint density at radius 1 is 0.947 bits per heavy atom. The molecule has 19 heavy (non-hydrogen) atoms. The molecule has 4 aliphatic rings. The number of imide groups is 1. The van der Waals surface area contributed by atoms with Crippen molar-refractivity contribution in [1.29, 1.82) is 0 Å². The second kappa shape index (κ2) is 3.71. The van der Waals surface area contributed by atoms with Crippen LogP contribution in [0.5, 0.6) is 0 Å². The minimum absolute atomic E-state index is 0.0852. The van der Waals surface area contributed by atoms with Gasteiger partial charge in [0.05, 0.1) is 6.04 Å². The van der Waals surface area contributed by atoms with E-state index in [0.29, 0.717) is 25.6 Å². The molecule has 0 bridgehead atoms. The van der Waals surface area contributed by atoms with E-state index in [4.69, 9.17) is 0 Å². The van der Waals surface area contributed by atoms with Gasteiger partial charge < -0.3 is 9.80 Å². The lowest BCUT2D eigenvalue weighted by Gasteiger charge is -2.22. The Balaban J connectivity index is 1.55. The highest BCUT2D eigenvalue weighted by atomic mass is 16.2. The third-order valence-corrected chi connectivity index (χ3v) is 4.72. The van der Waals surface area contributed by atoms with E-state index in [2.05, 4.69) is 0 Å². The highest BCUT2D eigenvalue weighted by molar-refractivity contribution is 6.05. The van der Waals surface area contributed by atoms with Crippen LogP contribution in [0, 0.1) is 0 Å². The normalized spacial score (nSPS) is 34.7. The molecule has 1 unspecified atom stereocenters. The zero-order valence-electron chi connectivity index (χ0n) is 10.7. The Morgan fingerprint density at radius 3 is 2.42 bits per heavy atom. The Labute approximate surface area is 111 Å². The van der Waals surface area contributed by atoms with Gasteiger partial charge in [0, 0.05) is 25.6 Å². The molecule has 2 atom stereocenters. The molecule has 4 fully saturated rings. The molecule has 6 nitrogen and oxygen atoms in total. The Bertz CT molecular complexity index is 452. The van der Waals surface area contributed by atoms with Crippen LogP contribution in [0.4, 0.5) is 4.79 Å². The van der Waals surface area contributed by atoms with Crippen LogP contribution in [-0.2, 0) is 9.59 Å². The highest BCUT2D eigenvalue weighted by Gasteiger charge is 2.53. The van der Waals surface area contributed by atoms with Gasteiger partial charge in [-0.25, -0.2) is 4.79 Å². The van der Waals surface area contributed by atoms with Gasteiger partial charge in [0.2, 0.25) is 5.91 Å². The zero-order valence-corrected chi connectivity index (χ0v) is 10.7. The second-order valence-electron chi connectivity index (χ2n) is 5.98. The van der Waals surface area contributed by atoms with Gasteiger partial charge in [0.15, 0.2) is 0 Å². The molecule has 3 saturated heterocycles. The molecule has 6 heteroatoms. The summed E-state index contributed by atoms with van der Waals surface area (Å²) in [5.41, 5.74) is 0.